The Morgan fingerprint density at radius 1 is 1.30 bits per heavy atom. The van der Waals surface area contributed by atoms with Gasteiger partial charge < -0.3 is 10.5 Å². The van der Waals surface area contributed by atoms with Crippen LogP contribution in [0.25, 0.3) is 5.69 Å². The third kappa shape index (κ3) is 2.45. The number of aromatic nitrogens is 2. The molecule has 20 heavy (non-hydrogen) atoms. The van der Waals surface area contributed by atoms with Crippen molar-refractivity contribution in [2.45, 2.75) is 6.04 Å². The lowest BCUT2D eigenvalue weighted by Gasteiger charge is -2.06. The average Bonchev–Trinajstić information content (AvgIpc) is 3.17. The van der Waals surface area contributed by atoms with E-state index in [1.165, 1.54) is 0 Å². The second-order valence-electron chi connectivity index (χ2n) is 4.42. The van der Waals surface area contributed by atoms with Gasteiger partial charge in [0.1, 0.15) is 5.75 Å². The Bertz CT molecular complexity index is 690. The lowest BCUT2D eigenvalue weighted by atomic mass is 10.1. The molecule has 0 saturated carbocycles. The molecule has 2 aromatic heterocycles. The van der Waals surface area contributed by atoms with E-state index in [1.54, 1.807) is 18.4 Å². The monoisotopic (exact) mass is 285 g/mol. The van der Waals surface area contributed by atoms with Crippen LogP contribution < -0.4 is 10.5 Å². The smallest absolute Gasteiger partial charge is 0.129 e. The molecule has 5 heteroatoms. The molecule has 0 bridgehead atoms. The van der Waals surface area contributed by atoms with Crippen LogP contribution in [0.15, 0.2) is 54.2 Å². The maximum Gasteiger partial charge on any atom is 0.129 e. The van der Waals surface area contributed by atoms with Crippen molar-refractivity contribution in [2.75, 3.05) is 7.11 Å². The summed E-state index contributed by atoms with van der Waals surface area (Å²) in [7, 11) is 1.66. The van der Waals surface area contributed by atoms with Crippen molar-refractivity contribution in [3.05, 3.63) is 64.6 Å². The van der Waals surface area contributed by atoms with Gasteiger partial charge in [0.25, 0.3) is 0 Å². The van der Waals surface area contributed by atoms with E-state index in [4.69, 9.17) is 10.5 Å². The van der Waals surface area contributed by atoms with E-state index in [2.05, 4.69) is 5.10 Å². The molecule has 4 nitrogen and oxygen atoms in total. The maximum atomic E-state index is 6.28. The van der Waals surface area contributed by atoms with Crippen LogP contribution in [0.2, 0.25) is 0 Å². The normalized spacial score (nSPS) is 12.3. The second-order valence-corrected chi connectivity index (χ2v) is 5.36. The van der Waals surface area contributed by atoms with Crippen LogP contribution in [-0.4, -0.2) is 16.9 Å². The van der Waals surface area contributed by atoms with E-state index in [1.807, 2.05) is 58.9 Å². The molecule has 3 aromatic rings. The van der Waals surface area contributed by atoms with Gasteiger partial charge in [0.05, 0.1) is 25.0 Å². The molecule has 1 atom stereocenters. The molecule has 0 amide bonds. The van der Waals surface area contributed by atoms with E-state index in [9.17, 15) is 0 Å². The molecule has 0 aliphatic carbocycles. The molecule has 1 unspecified atom stereocenters. The summed E-state index contributed by atoms with van der Waals surface area (Å²) in [6, 6.07) is 11.8. The van der Waals surface area contributed by atoms with Crippen LogP contribution in [-0.2, 0) is 0 Å². The zero-order valence-electron chi connectivity index (χ0n) is 11.1. The van der Waals surface area contributed by atoms with Gasteiger partial charge in [-0.15, -0.1) is 11.3 Å². The molecular formula is C15H15N3OS. The largest absolute Gasteiger partial charge is 0.496 e. The number of nitrogens with zero attached hydrogens (tertiary/aromatic N) is 2. The Labute approximate surface area is 121 Å². The van der Waals surface area contributed by atoms with Crippen LogP contribution in [0.3, 0.4) is 0 Å². The highest BCUT2D eigenvalue weighted by molar-refractivity contribution is 7.10. The van der Waals surface area contributed by atoms with Gasteiger partial charge in [-0.3, -0.25) is 0 Å². The summed E-state index contributed by atoms with van der Waals surface area (Å²) in [4.78, 5) is 1.06. The topological polar surface area (TPSA) is 53.1 Å². The van der Waals surface area contributed by atoms with Crippen molar-refractivity contribution in [3.63, 3.8) is 0 Å². The fraction of sp³-hybridized carbons (Fsp3) is 0.133. The zero-order valence-corrected chi connectivity index (χ0v) is 11.9. The van der Waals surface area contributed by atoms with E-state index < -0.39 is 0 Å². The third-order valence-electron chi connectivity index (χ3n) is 3.12. The maximum absolute atomic E-state index is 6.28. The first-order valence-corrected chi connectivity index (χ1v) is 7.14. The predicted octanol–water partition coefficient (Wildman–Crippen LogP) is 2.99. The molecular weight excluding hydrogens is 270 g/mol. The number of hydrogen-bond donors (Lipinski definition) is 1. The molecule has 0 radical (unpaired) electrons. The van der Waals surface area contributed by atoms with Gasteiger partial charge in [-0.1, -0.05) is 18.2 Å². The molecule has 3 rings (SSSR count). The molecule has 2 heterocycles. The van der Waals surface area contributed by atoms with Crippen LogP contribution in [0.4, 0.5) is 0 Å². The van der Waals surface area contributed by atoms with E-state index in [-0.39, 0.29) is 6.04 Å². The molecule has 0 aliphatic rings. The number of para-hydroxylation sites is 1. The van der Waals surface area contributed by atoms with E-state index in [0.29, 0.717) is 0 Å². The van der Waals surface area contributed by atoms with Gasteiger partial charge >= 0.3 is 0 Å². The number of hydrogen-bond acceptors (Lipinski definition) is 4. The van der Waals surface area contributed by atoms with Crippen molar-refractivity contribution < 1.29 is 4.74 Å². The van der Waals surface area contributed by atoms with Crippen LogP contribution >= 0.6 is 11.3 Å². The summed E-state index contributed by atoms with van der Waals surface area (Å²) in [5, 5.41) is 6.33. The van der Waals surface area contributed by atoms with Crippen molar-refractivity contribution in [2.24, 2.45) is 5.73 Å². The lowest BCUT2D eigenvalue weighted by Crippen LogP contribution is -2.09. The minimum Gasteiger partial charge on any atom is -0.496 e. The Kier molecular flexibility index (Phi) is 3.54. The highest BCUT2D eigenvalue weighted by atomic mass is 32.1. The lowest BCUT2D eigenvalue weighted by molar-refractivity contribution is 0.416. The first-order chi connectivity index (χ1) is 9.78. The fourth-order valence-corrected chi connectivity index (χ4v) is 2.87. The SMILES string of the molecule is COc1csc(C(N)c2cnn(-c3ccccc3)c2)c1. The highest BCUT2D eigenvalue weighted by Crippen LogP contribution is 2.29. The number of methoxy groups -OCH3 is 1. The van der Waals surface area contributed by atoms with Gasteiger partial charge in [0.15, 0.2) is 0 Å². The standard InChI is InChI=1S/C15H15N3OS/c1-19-13-7-14(20-10-13)15(16)11-8-17-18(9-11)12-5-3-2-4-6-12/h2-10,15H,16H2,1H3. The Balaban J connectivity index is 1.86. The van der Waals surface area contributed by atoms with Gasteiger partial charge in [0.2, 0.25) is 0 Å². The quantitative estimate of drug-likeness (QED) is 0.801. The van der Waals surface area contributed by atoms with Crippen LogP contribution in [0, 0.1) is 0 Å². The minimum atomic E-state index is -0.179. The second kappa shape index (κ2) is 5.48. The number of nitrogens with two attached hydrogens (primary N) is 1. The number of benzene rings is 1. The van der Waals surface area contributed by atoms with Gasteiger partial charge in [0, 0.05) is 22.0 Å². The molecule has 2 N–H and O–H groups in total. The molecule has 1 aromatic carbocycles. The van der Waals surface area contributed by atoms with Gasteiger partial charge in [-0.2, -0.15) is 5.10 Å². The van der Waals surface area contributed by atoms with Crippen molar-refractivity contribution in [3.8, 4) is 11.4 Å². The number of rotatable bonds is 4. The van der Waals surface area contributed by atoms with Crippen molar-refractivity contribution >= 4 is 11.3 Å². The van der Waals surface area contributed by atoms with E-state index in [0.717, 1.165) is 21.9 Å². The van der Waals surface area contributed by atoms with Crippen LogP contribution in [0.5, 0.6) is 5.75 Å². The first kappa shape index (κ1) is 12.9. The summed E-state index contributed by atoms with van der Waals surface area (Å²) in [6.45, 7) is 0. The molecule has 0 spiro atoms. The first-order valence-electron chi connectivity index (χ1n) is 6.26. The summed E-state index contributed by atoms with van der Waals surface area (Å²) in [5.74, 6) is 0.843. The third-order valence-corrected chi connectivity index (χ3v) is 4.11. The summed E-state index contributed by atoms with van der Waals surface area (Å²) >= 11 is 1.60. The highest BCUT2D eigenvalue weighted by Gasteiger charge is 2.14. The average molecular weight is 285 g/mol. The minimum absolute atomic E-state index is 0.179. The van der Waals surface area contributed by atoms with Crippen LogP contribution in [0.1, 0.15) is 16.5 Å². The fourth-order valence-electron chi connectivity index (χ4n) is 1.99. The van der Waals surface area contributed by atoms with Gasteiger partial charge in [-0.25, -0.2) is 4.68 Å². The number of thiophene rings is 1. The van der Waals surface area contributed by atoms with Gasteiger partial charge in [-0.05, 0) is 18.2 Å². The predicted molar refractivity (Wildman–Crippen MR) is 80.5 cm³/mol. The Hall–Kier alpha value is -2.11. The Morgan fingerprint density at radius 3 is 2.80 bits per heavy atom. The van der Waals surface area contributed by atoms with Crippen molar-refractivity contribution in [1.82, 2.24) is 9.78 Å². The molecule has 102 valence electrons. The Morgan fingerprint density at radius 2 is 2.10 bits per heavy atom. The van der Waals surface area contributed by atoms with Crippen molar-refractivity contribution in [1.29, 1.82) is 0 Å². The summed E-state index contributed by atoms with van der Waals surface area (Å²) < 4.78 is 7.02. The van der Waals surface area contributed by atoms with E-state index >= 15 is 0 Å². The molecule has 0 fully saturated rings. The number of ether oxygens (including phenoxy) is 1. The molecule has 0 aliphatic heterocycles. The summed E-state index contributed by atoms with van der Waals surface area (Å²) in [5.41, 5.74) is 8.28. The zero-order chi connectivity index (χ0) is 13.9. The molecule has 0 saturated heterocycles. The summed E-state index contributed by atoms with van der Waals surface area (Å²) in [6.07, 6.45) is 3.77.